The zero-order valence-electron chi connectivity index (χ0n) is 14.5. The summed E-state index contributed by atoms with van der Waals surface area (Å²) >= 11 is 0. The molecule has 1 aromatic heterocycles. The molecule has 24 heavy (non-hydrogen) atoms. The molecule has 2 N–H and O–H groups in total. The number of anilines is 2. The number of piperidine rings is 1. The van der Waals surface area contributed by atoms with Gasteiger partial charge in [-0.1, -0.05) is 26.0 Å². The Labute approximate surface area is 143 Å². The Morgan fingerprint density at radius 3 is 2.83 bits per heavy atom. The molecule has 5 heteroatoms. The number of aromatic amines is 1. The summed E-state index contributed by atoms with van der Waals surface area (Å²) < 4.78 is 0. The van der Waals surface area contributed by atoms with Gasteiger partial charge < -0.3 is 5.32 Å². The highest BCUT2D eigenvalue weighted by Crippen LogP contribution is 2.19. The zero-order chi connectivity index (χ0) is 16.9. The molecular formula is C19H26N4O. The number of aryl methyl sites for hydroxylation is 1. The van der Waals surface area contributed by atoms with Gasteiger partial charge in [0, 0.05) is 30.5 Å². The molecule has 0 spiro atoms. The smallest absolute Gasteiger partial charge is 0.252 e. The molecule has 2 aromatic rings. The van der Waals surface area contributed by atoms with Crippen LogP contribution in [0.15, 0.2) is 35.1 Å². The van der Waals surface area contributed by atoms with Crippen molar-refractivity contribution in [1.29, 1.82) is 0 Å². The Kier molecular flexibility index (Phi) is 5.30. The lowest BCUT2D eigenvalue weighted by Crippen LogP contribution is -2.33. The first-order valence-electron chi connectivity index (χ1n) is 8.81. The van der Waals surface area contributed by atoms with Crippen LogP contribution in [0.5, 0.6) is 0 Å². The molecule has 1 fully saturated rings. The Balaban J connectivity index is 1.64. The lowest BCUT2D eigenvalue weighted by atomic mass is 10.00. The highest BCUT2D eigenvalue weighted by Gasteiger charge is 2.16. The average molecular weight is 326 g/mol. The topological polar surface area (TPSA) is 61.0 Å². The summed E-state index contributed by atoms with van der Waals surface area (Å²) in [6, 6.07) is 9.91. The standard InChI is InChI=1S/C19H26N4O/c1-3-16-11-18(24)22-19(20-16)21-17-8-6-15(7-9-17)13-23-10-4-5-14(2)12-23/h6-9,11,14H,3-5,10,12-13H2,1-2H3,(H2,20,21,22,24). The molecule has 5 nitrogen and oxygen atoms in total. The number of benzene rings is 1. The number of rotatable bonds is 5. The third-order valence-corrected chi connectivity index (χ3v) is 4.52. The molecule has 1 aliphatic rings. The van der Waals surface area contributed by atoms with Crippen molar-refractivity contribution in [1.82, 2.24) is 14.9 Å². The number of nitrogens with one attached hydrogen (secondary N) is 2. The maximum atomic E-state index is 11.6. The molecule has 1 aliphatic heterocycles. The van der Waals surface area contributed by atoms with E-state index in [1.807, 2.05) is 19.1 Å². The summed E-state index contributed by atoms with van der Waals surface area (Å²) in [5.41, 5.74) is 2.91. The van der Waals surface area contributed by atoms with E-state index in [-0.39, 0.29) is 5.56 Å². The second-order valence-electron chi connectivity index (χ2n) is 6.74. The molecule has 128 valence electrons. The van der Waals surface area contributed by atoms with Crippen molar-refractivity contribution < 1.29 is 0 Å². The zero-order valence-corrected chi connectivity index (χ0v) is 14.5. The van der Waals surface area contributed by atoms with Crippen LogP contribution in [0.2, 0.25) is 0 Å². The Hall–Kier alpha value is -2.14. The average Bonchev–Trinajstić information content (AvgIpc) is 2.56. The van der Waals surface area contributed by atoms with Gasteiger partial charge in [-0.2, -0.15) is 0 Å². The molecule has 0 bridgehead atoms. The normalized spacial score (nSPS) is 18.5. The third kappa shape index (κ3) is 4.45. The van der Waals surface area contributed by atoms with E-state index in [9.17, 15) is 4.79 Å². The highest BCUT2D eigenvalue weighted by atomic mass is 16.1. The number of hydrogen-bond acceptors (Lipinski definition) is 4. The van der Waals surface area contributed by atoms with Gasteiger partial charge in [0.2, 0.25) is 5.95 Å². The summed E-state index contributed by atoms with van der Waals surface area (Å²) in [5, 5.41) is 3.18. The maximum absolute atomic E-state index is 11.6. The maximum Gasteiger partial charge on any atom is 0.252 e. The van der Waals surface area contributed by atoms with E-state index in [4.69, 9.17) is 0 Å². The van der Waals surface area contributed by atoms with Crippen molar-refractivity contribution in [3.63, 3.8) is 0 Å². The van der Waals surface area contributed by atoms with Gasteiger partial charge in [-0.25, -0.2) is 4.98 Å². The number of hydrogen-bond donors (Lipinski definition) is 2. The van der Waals surface area contributed by atoms with E-state index in [1.165, 1.54) is 37.6 Å². The predicted octanol–water partition coefficient (Wildman–Crippen LogP) is 3.31. The molecule has 1 saturated heterocycles. The van der Waals surface area contributed by atoms with E-state index in [2.05, 4.69) is 39.2 Å². The van der Waals surface area contributed by atoms with E-state index >= 15 is 0 Å². The quantitative estimate of drug-likeness (QED) is 0.885. The van der Waals surface area contributed by atoms with Crippen LogP contribution in [-0.4, -0.2) is 28.0 Å². The van der Waals surface area contributed by atoms with Crippen LogP contribution >= 0.6 is 0 Å². The van der Waals surface area contributed by atoms with Crippen molar-refractivity contribution in [2.45, 2.75) is 39.7 Å². The van der Waals surface area contributed by atoms with Gasteiger partial charge >= 0.3 is 0 Å². The van der Waals surface area contributed by atoms with Crippen LogP contribution < -0.4 is 10.9 Å². The number of nitrogens with zero attached hydrogens (tertiary/aromatic N) is 2. The van der Waals surface area contributed by atoms with Crippen molar-refractivity contribution in [2.24, 2.45) is 5.92 Å². The fraction of sp³-hybridized carbons (Fsp3) is 0.474. The van der Waals surface area contributed by atoms with E-state index in [1.54, 1.807) is 0 Å². The van der Waals surface area contributed by atoms with Crippen LogP contribution in [-0.2, 0) is 13.0 Å². The number of likely N-dealkylation sites (tertiary alicyclic amines) is 1. The molecule has 2 heterocycles. The van der Waals surface area contributed by atoms with Crippen molar-refractivity contribution in [3.05, 3.63) is 51.9 Å². The van der Waals surface area contributed by atoms with Crippen LogP contribution in [0.4, 0.5) is 11.6 Å². The molecule has 0 radical (unpaired) electrons. The summed E-state index contributed by atoms with van der Waals surface area (Å²) in [4.78, 5) is 21.3. The van der Waals surface area contributed by atoms with Crippen LogP contribution in [0.3, 0.4) is 0 Å². The van der Waals surface area contributed by atoms with Gasteiger partial charge in [0.15, 0.2) is 0 Å². The summed E-state index contributed by atoms with van der Waals surface area (Å²) in [5.74, 6) is 1.30. The molecule has 0 saturated carbocycles. The van der Waals surface area contributed by atoms with Gasteiger partial charge in [-0.05, 0) is 49.4 Å². The van der Waals surface area contributed by atoms with Crippen LogP contribution in [0, 0.1) is 5.92 Å². The highest BCUT2D eigenvalue weighted by molar-refractivity contribution is 5.53. The first-order valence-corrected chi connectivity index (χ1v) is 8.81. The van der Waals surface area contributed by atoms with Gasteiger partial charge in [-0.3, -0.25) is 14.7 Å². The number of aromatic nitrogens is 2. The van der Waals surface area contributed by atoms with Crippen molar-refractivity contribution >= 4 is 11.6 Å². The SMILES string of the molecule is CCc1cc(=O)[nH]c(Nc2ccc(CN3CCCC(C)C3)cc2)n1. The summed E-state index contributed by atoms with van der Waals surface area (Å²) in [7, 11) is 0. The van der Waals surface area contributed by atoms with E-state index < -0.39 is 0 Å². The van der Waals surface area contributed by atoms with Crippen LogP contribution in [0.25, 0.3) is 0 Å². The molecule has 1 atom stereocenters. The molecular weight excluding hydrogens is 300 g/mol. The predicted molar refractivity (Wildman–Crippen MR) is 97.6 cm³/mol. The van der Waals surface area contributed by atoms with Gasteiger partial charge in [0.05, 0.1) is 0 Å². The fourth-order valence-corrected chi connectivity index (χ4v) is 3.27. The first-order chi connectivity index (χ1) is 11.6. The molecule has 0 amide bonds. The van der Waals surface area contributed by atoms with Crippen molar-refractivity contribution in [2.75, 3.05) is 18.4 Å². The third-order valence-electron chi connectivity index (χ3n) is 4.52. The lowest BCUT2D eigenvalue weighted by molar-refractivity contribution is 0.176. The van der Waals surface area contributed by atoms with Gasteiger partial charge in [-0.15, -0.1) is 0 Å². The monoisotopic (exact) mass is 326 g/mol. The second kappa shape index (κ2) is 7.62. The van der Waals surface area contributed by atoms with Crippen molar-refractivity contribution in [3.8, 4) is 0 Å². The largest absolute Gasteiger partial charge is 0.326 e. The lowest BCUT2D eigenvalue weighted by Gasteiger charge is -2.30. The Bertz CT molecular complexity index is 723. The minimum Gasteiger partial charge on any atom is -0.326 e. The van der Waals surface area contributed by atoms with E-state index in [0.29, 0.717) is 5.95 Å². The first kappa shape index (κ1) is 16.7. The molecule has 3 rings (SSSR count). The number of H-pyrrole nitrogens is 1. The molecule has 0 aliphatic carbocycles. The van der Waals surface area contributed by atoms with E-state index in [0.717, 1.165) is 30.3 Å². The Morgan fingerprint density at radius 1 is 1.33 bits per heavy atom. The summed E-state index contributed by atoms with van der Waals surface area (Å²) in [6.45, 7) is 7.71. The van der Waals surface area contributed by atoms with Gasteiger partial charge in [0.25, 0.3) is 5.56 Å². The van der Waals surface area contributed by atoms with Gasteiger partial charge in [0.1, 0.15) is 0 Å². The minimum absolute atomic E-state index is 0.125. The van der Waals surface area contributed by atoms with Crippen LogP contribution in [0.1, 0.15) is 37.9 Å². The second-order valence-corrected chi connectivity index (χ2v) is 6.74. The molecule has 1 aromatic carbocycles. The molecule has 1 unspecified atom stereocenters. The summed E-state index contributed by atoms with van der Waals surface area (Å²) in [6.07, 6.45) is 3.39. The minimum atomic E-state index is -0.125. The fourth-order valence-electron chi connectivity index (χ4n) is 3.27. The Morgan fingerprint density at radius 2 is 2.12 bits per heavy atom.